The zero-order valence-corrected chi connectivity index (χ0v) is 61.9. The summed E-state index contributed by atoms with van der Waals surface area (Å²) in [6, 6.07) is 38.5. The Labute approximate surface area is 595 Å². The van der Waals surface area contributed by atoms with Crippen LogP contribution in [0.25, 0.3) is 63.4 Å². The molecule has 0 amide bonds. The van der Waals surface area contributed by atoms with E-state index in [1.54, 1.807) is 85.8 Å². The van der Waals surface area contributed by atoms with E-state index < -0.39 is 0 Å². The Bertz CT molecular complexity index is 4450. The van der Waals surface area contributed by atoms with Crippen LogP contribution in [0.5, 0.6) is 0 Å². The summed E-state index contributed by atoms with van der Waals surface area (Å²) in [6.07, 6.45) is 5.13. The van der Waals surface area contributed by atoms with Crippen LogP contribution in [0.2, 0.25) is 0 Å². The highest BCUT2D eigenvalue weighted by atomic mass is 32.1. The summed E-state index contributed by atoms with van der Waals surface area (Å²) in [6.45, 7) is 15.8. The highest BCUT2D eigenvalue weighted by molar-refractivity contribution is 7.81. The molecule has 23 heteroatoms. The van der Waals surface area contributed by atoms with Crippen molar-refractivity contribution in [3.05, 3.63) is 227 Å². The number of fused-ring (bicyclic) bond motifs is 1. The number of Topliss-reactive ketones (excluding diaryl/α,β-unsaturated/α-hetero) is 2. The molecule has 1 aliphatic rings. The number of carbonyl (C=O) groups is 2. The van der Waals surface area contributed by atoms with Crippen molar-refractivity contribution in [3.8, 4) is 63.4 Å². The van der Waals surface area contributed by atoms with E-state index in [1.807, 2.05) is 145 Å². The van der Waals surface area contributed by atoms with E-state index in [4.69, 9.17) is 54.6 Å². The van der Waals surface area contributed by atoms with Crippen molar-refractivity contribution in [1.29, 1.82) is 0 Å². The first-order chi connectivity index (χ1) is 45.0. The van der Waals surface area contributed by atoms with Gasteiger partial charge in [-0.05, 0) is 79.0 Å². The van der Waals surface area contributed by atoms with Crippen LogP contribution < -0.4 is 11.1 Å². The fraction of sp³-hybridized carbons (Fsp3) is 0.197. The number of ketones is 2. The van der Waals surface area contributed by atoms with Gasteiger partial charge in [0.15, 0.2) is 11.6 Å². The lowest BCUT2D eigenvalue weighted by Crippen LogP contribution is -2.20. The van der Waals surface area contributed by atoms with E-state index in [-0.39, 0.29) is 11.6 Å². The summed E-state index contributed by atoms with van der Waals surface area (Å²) in [7, 11) is 5.75. The van der Waals surface area contributed by atoms with E-state index >= 15 is 0 Å². The lowest BCUT2D eigenvalue weighted by molar-refractivity contribution is -0.117. The third kappa shape index (κ3) is 20.8. The van der Waals surface area contributed by atoms with Gasteiger partial charge in [0.2, 0.25) is 0 Å². The van der Waals surface area contributed by atoms with Gasteiger partial charge in [0.05, 0.1) is 12.7 Å². The monoisotopic (exact) mass is 1430 g/mol. The molecule has 94 heavy (non-hydrogen) atoms. The molecule has 0 bridgehead atoms. The number of benzene rings is 5. The number of thiazole rings is 6. The Morgan fingerprint density at radius 1 is 0.500 bits per heavy atom. The number of nitrogens with two attached hydrogens (primary N) is 1. The second-order valence-electron chi connectivity index (χ2n) is 21.7. The molecule has 13 rings (SSSR count). The number of carbonyl (C=O) groups excluding carboxylic acids is 2. The van der Waals surface area contributed by atoms with Crippen molar-refractivity contribution in [2.75, 3.05) is 21.1 Å². The maximum absolute atomic E-state index is 11.5. The topological polar surface area (TPSA) is 171 Å². The molecule has 7 aromatic heterocycles. The lowest BCUT2D eigenvalue weighted by Gasteiger charge is -2.13. The maximum atomic E-state index is 11.5. The maximum Gasteiger partial charge on any atom is 0.163 e. The first-order valence-electron chi connectivity index (χ1n) is 29.4. The first-order valence-corrected chi connectivity index (χ1v) is 36.3. The van der Waals surface area contributed by atoms with Crippen molar-refractivity contribution < 1.29 is 9.59 Å². The van der Waals surface area contributed by atoms with E-state index in [0.29, 0.717) is 18.0 Å². The summed E-state index contributed by atoms with van der Waals surface area (Å²) >= 11 is 30.4. The van der Waals surface area contributed by atoms with Crippen LogP contribution in [0.1, 0.15) is 92.6 Å². The molecule has 480 valence electrons. The fourth-order valence-electron chi connectivity index (χ4n) is 8.84. The van der Waals surface area contributed by atoms with E-state index in [1.165, 1.54) is 5.56 Å². The Hall–Kier alpha value is -7.81. The van der Waals surface area contributed by atoms with Crippen LogP contribution in [0.4, 0.5) is 0 Å². The molecule has 0 radical (unpaired) electrons. The summed E-state index contributed by atoms with van der Waals surface area (Å²) < 4.78 is 1.63. The number of aromatic nitrogens is 8. The van der Waals surface area contributed by atoms with Gasteiger partial charge in [-0.15, -0.1) is 68.0 Å². The van der Waals surface area contributed by atoms with Crippen molar-refractivity contribution >= 4 is 148 Å². The van der Waals surface area contributed by atoms with Crippen molar-refractivity contribution in [2.24, 2.45) is 5.73 Å². The molecule has 0 aliphatic heterocycles. The number of nitrogens with one attached hydrogen (secondary N) is 1. The van der Waals surface area contributed by atoms with Crippen LogP contribution in [-0.2, 0) is 17.8 Å². The van der Waals surface area contributed by atoms with Crippen molar-refractivity contribution in [1.82, 2.24) is 49.9 Å². The predicted octanol–water partition coefficient (Wildman–Crippen LogP) is 18.1. The smallest absolute Gasteiger partial charge is 0.163 e. The molecule has 0 atom stereocenters. The van der Waals surface area contributed by atoms with Crippen LogP contribution in [0.3, 0.4) is 0 Å². The molecule has 5 aromatic carbocycles. The molecule has 0 unspecified atom stereocenters. The summed E-state index contributed by atoms with van der Waals surface area (Å²) in [4.78, 5) is 53.9. The van der Waals surface area contributed by atoms with Crippen LogP contribution >= 0.6 is 117 Å². The van der Waals surface area contributed by atoms with Gasteiger partial charge in [0, 0.05) is 161 Å². The number of rotatable bonds is 12. The molecule has 12 aromatic rings. The Balaban J connectivity index is 0.000000145. The second-order valence-corrected chi connectivity index (χ2v) is 28.7. The van der Waals surface area contributed by atoms with Gasteiger partial charge >= 0.3 is 0 Å². The van der Waals surface area contributed by atoms with Gasteiger partial charge in [0.25, 0.3) is 0 Å². The Morgan fingerprint density at radius 3 is 1.19 bits per heavy atom. The molecular weight excluding hydrogens is 1360 g/mol. The highest BCUT2D eigenvalue weighted by Gasteiger charge is 2.20. The Kier molecular flexibility index (Phi) is 26.5. The van der Waals surface area contributed by atoms with Crippen LogP contribution in [-0.4, -0.2) is 97.1 Å². The van der Waals surface area contributed by atoms with Crippen LogP contribution in [0.15, 0.2) is 160 Å². The predicted molar refractivity (Wildman–Crippen MR) is 412 cm³/mol. The molecule has 0 spiro atoms. The highest BCUT2D eigenvalue weighted by Crippen LogP contribution is 2.31. The molecule has 0 fully saturated rings. The van der Waals surface area contributed by atoms with Crippen molar-refractivity contribution in [2.45, 2.75) is 74.8 Å². The summed E-state index contributed by atoms with van der Waals surface area (Å²) in [5.41, 5.74) is 24.7. The SMILES string of the molecule is CC(=O)Cn1cc(-c2nc(C)cs2)cn1.CC(=S)c1ccc(-c2nc(C)cs2)cc1.CNC(=S)c1ccc(-c2nc(C)cs2)cc1.Cc1csc(-c2ccc(C(=S)N(C)C)cc2)n1.Cc1csc(-c2ccc(C(N)=S)cc2)n1.Cc1csc(-c2ccc3c(c2)CCC3=O)n1. The van der Waals surface area contributed by atoms with E-state index in [9.17, 15) is 9.59 Å². The zero-order chi connectivity index (χ0) is 67.6. The minimum Gasteiger partial charge on any atom is -0.389 e. The molecule has 3 N–H and O–H groups in total. The average molecular weight is 1430 g/mol. The van der Waals surface area contributed by atoms with Crippen molar-refractivity contribution in [3.63, 3.8) is 0 Å². The molecule has 1 aliphatic carbocycles. The van der Waals surface area contributed by atoms with Gasteiger partial charge in [-0.2, -0.15) is 5.10 Å². The van der Waals surface area contributed by atoms with Gasteiger partial charge in [0.1, 0.15) is 45.0 Å². The quantitative estimate of drug-likeness (QED) is 0.0874. The number of nitrogens with zero attached hydrogens (tertiary/aromatic N) is 9. The third-order valence-electron chi connectivity index (χ3n) is 13.6. The number of thiocarbonyl (C=S) groups is 4. The van der Waals surface area contributed by atoms with Gasteiger partial charge in [-0.25, -0.2) is 29.9 Å². The van der Waals surface area contributed by atoms with E-state index in [0.717, 1.165) is 147 Å². The molecule has 0 saturated heterocycles. The van der Waals surface area contributed by atoms with Gasteiger partial charge in [-0.1, -0.05) is 158 Å². The normalized spacial score (nSPS) is 10.9. The van der Waals surface area contributed by atoms with Gasteiger partial charge in [-0.3, -0.25) is 14.3 Å². The van der Waals surface area contributed by atoms with Crippen LogP contribution in [0, 0.1) is 41.5 Å². The van der Waals surface area contributed by atoms with Gasteiger partial charge < -0.3 is 16.0 Å². The summed E-state index contributed by atoms with van der Waals surface area (Å²) in [5.74, 6) is 0.372. The molecule has 13 nitrogen and oxygen atoms in total. The minimum atomic E-state index is 0.0972. The molecule has 7 heterocycles. The second kappa shape index (κ2) is 34.6. The third-order valence-corrected chi connectivity index (χ3v) is 21.2. The Morgan fingerprint density at radius 2 is 0.851 bits per heavy atom. The fourth-order valence-corrected chi connectivity index (χ4v) is 14.2. The molecular formula is C71H69N11O2S10. The minimum absolute atomic E-state index is 0.0972. The lowest BCUT2D eigenvalue weighted by atomic mass is 10.1. The standard InChI is InChI=1S/C13H14N2S2.C13H11NOS.C12H12N2S2.C12H11NS2.C11H10N2S2.C10H11N3OS/c1-9-8-17-12(14-9)10-4-6-11(7-5-10)13(16)15(2)3;1-8-7-16-13(14-8)10-2-4-11-9(6-10)3-5-12(11)15;1-8-7-16-12(14-8)10-5-3-9(4-6-10)11(15)13-2;1-8-7-15-12(13-8)11-5-3-10(4-6-11)9(2)14;1-7-6-15-11(13-7)9-4-2-8(3-5-9)10(12)14;1-7-6-15-10(12-7)9-3-11-13(5-9)4-8(2)14/h4-8H,1-3H3;2,4,6-7H,3,5H2,1H3;3-7H,1-2H3,(H,13,15);3-7H,1-2H3;2-6H,1H3,(H2,12,14);3,5-6H,4H2,1-2H3. The number of hydrogen-bond donors (Lipinski definition) is 2. The zero-order valence-electron chi connectivity index (χ0n) is 53.7. The number of aryl methyl sites for hydroxylation is 7. The summed E-state index contributed by atoms with van der Waals surface area (Å²) in [5, 5.41) is 25.5. The molecule has 0 saturated carbocycles. The first kappa shape index (κ1) is 72.0. The number of hydrogen-bond acceptors (Lipinski definition) is 19. The van der Waals surface area contributed by atoms with E-state index in [2.05, 4.69) is 123 Å². The average Bonchev–Trinajstić information content (AvgIpc) is 1.70. The largest absolute Gasteiger partial charge is 0.389 e.